The highest BCUT2D eigenvalue weighted by atomic mass is 32.1. The van der Waals surface area contributed by atoms with E-state index >= 15 is 0 Å². The largest absolute Gasteiger partial charge is 0.497 e. The summed E-state index contributed by atoms with van der Waals surface area (Å²) in [5, 5.41) is 5.05. The first-order chi connectivity index (χ1) is 10.3. The summed E-state index contributed by atoms with van der Waals surface area (Å²) in [7, 11) is 1.66. The molecular weight excluding hydrogens is 282 g/mol. The highest BCUT2D eigenvalue weighted by Crippen LogP contribution is 2.12. The van der Waals surface area contributed by atoms with Gasteiger partial charge < -0.3 is 10.1 Å². The van der Waals surface area contributed by atoms with Crippen LogP contribution in [0.1, 0.15) is 23.3 Å². The van der Waals surface area contributed by atoms with Crippen molar-refractivity contribution in [1.29, 1.82) is 0 Å². The Morgan fingerprint density at radius 2 is 2.00 bits per heavy atom. The van der Waals surface area contributed by atoms with E-state index in [1.54, 1.807) is 18.4 Å². The van der Waals surface area contributed by atoms with Crippen LogP contribution in [0.4, 0.5) is 0 Å². The molecule has 0 spiro atoms. The SMILES string of the molecule is COc1ccc(CCNC(=O)CCCc2cccs2)cc1. The molecule has 0 saturated carbocycles. The fourth-order valence-electron chi connectivity index (χ4n) is 2.10. The number of aryl methyl sites for hydroxylation is 1. The van der Waals surface area contributed by atoms with Crippen LogP contribution in [0.15, 0.2) is 41.8 Å². The van der Waals surface area contributed by atoms with E-state index in [4.69, 9.17) is 4.74 Å². The van der Waals surface area contributed by atoms with E-state index < -0.39 is 0 Å². The van der Waals surface area contributed by atoms with Gasteiger partial charge in [-0.15, -0.1) is 11.3 Å². The molecular formula is C17H21NO2S. The fraction of sp³-hybridized carbons (Fsp3) is 0.353. The number of benzene rings is 1. The molecule has 1 N–H and O–H groups in total. The van der Waals surface area contributed by atoms with Crippen LogP contribution in [-0.4, -0.2) is 19.6 Å². The fourth-order valence-corrected chi connectivity index (χ4v) is 2.86. The first kappa shape index (κ1) is 15.6. The lowest BCUT2D eigenvalue weighted by molar-refractivity contribution is -0.121. The normalized spacial score (nSPS) is 10.3. The van der Waals surface area contributed by atoms with Crippen LogP contribution in [0.3, 0.4) is 0 Å². The number of ether oxygens (including phenoxy) is 1. The molecule has 0 radical (unpaired) electrons. The maximum atomic E-state index is 11.7. The summed E-state index contributed by atoms with van der Waals surface area (Å²) in [6.07, 6.45) is 3.35. The quantitative estimate of drug-likeness (QED) is 0.811. The molecule has 21 heavy (non-hydrogen) atoms. The van der Waals surface area contributed by atoms with Gasteiger partial charge in [-0.05, 0) is 48.4 Å². The van der Waals surface area contributed by atoms with Gasteiger partial charge in [0.05, 0.1) is 7.11 Å². The Morgan fingerprint density at radius 3 is 2.67 bits per heavy atom. The molecule has 0 fully saturated rings. The molecule has 0 atom stereocenters. The van der Waals surface area contributed by atoms with Gasteiger partial charge in [0.2, 0.25) is 5.91 Å². The van der Waals surface area contributed by atoms with E-state index in [1.165, 1.54) is 10.4 Å². The Kier molecular flexibility index (Phi) is 6.28. The van der Waals surface area contributed by atoms with Gasteiger partial charge in [-0.3, -0.25) is 4.79 Å². The van der Waals surface area contributed by atoms with Crippen molar-refractivity contribution in [2.24, 2.45) is 0 Å². The molecule has 1 heterocycles. The molecule has 0 bridgehead atoms. The highest BCUT2D eigenvalue weighted by Gasteiger charge is 2.02. The summed E-state index contributed by atoms with van der Waals surface area (Å²) >= 11 is 1.75. The van der Waals surface area contributed by atoms with E-state index in [2.05, 4.69) is 22.8 Å². The number of carbonyl (C=O) groups is 1. The number of hydrogen-bond acceptors (Lipinski definition) is 3. The number of methoxy groups -OCH3 is 1. The first-order valence-electron chi connectivity index (χ1n) is 7.20. The second-order valence-electron chi connectivity index (χ2n) is 4.88. The Hall–Kier alpha value is -1.81. The number of carbonyl (C=O) groups excluding carboxylic acids is 1. The lowest BCUT2D eigenvalue weighted by Gasteiger charge is -2.06. The molecule has 2 aromatic rings. The lowest BCUT2D eigenvalue weighted by Crippen LogP contribution is -2.25. The number of nitrogens with one attached hydrogen (secondary N) is 1. The van der Waals surface area contributed by atoms with Gasteiger partial charge in [0, 0.05) is 17.8 Å². The van der Waals surface area contributed by atoms with E-state index in [0.717, 1.165) is 25.0 Å². The summed E-state index contributed by atoms with van der Waals surface area (Å²) in [6.45, 7) is 0.685. The number of hydrogen-bond donors (Lipinski definition) is 1. The van der Waals surface area contributed by atoms with Gasteiger partial charge in [-0.25, -0.2) is 0 Å². The standard InChI is InChI=1S/C17H21NO2S/c1-20-15-9-7-14(8-10-15)11-12-18-17(19)6-2-4-16-5-3-13-21-16/h3,5,7-10,13H,2,4,6,11-12H2,1H3,(H,18,19). The molecule has 1 aromatic heterocycles. The van der Waals surface area contributed by atoms with E-state index in [9.17, 15) is 4.79 Å². The molecule has 1 aromatic carbocycles. The Morgan fingerprint density at radius 1 is 1.19 bits per heavy atom. The second kappa shape index (κ2) is 8.47. The topological polar surface area (TPSA) is 38.3 Å². The zero-order chi connectivity index (χ0) is 14.9. The van der Waals surface area contributed by atoms with E-state index in [-0.39, 0.29) is 5.91 Å². The number of amides is 1. The van der Waals surface area contributed by atoms with Crippen LogP contribution in [-0.2, 0) is 17.6 Å². The van der Waals surface area contributed by atoms with Crippen LogP contribution in [0, 0.1) is 0 Å². The summed E-state index contributed by atoms with van der Waals surface area (Å²) in [4.78, 5) is 13.1. The van der Waals surface area contributed by atoms with E-state index in [1.807, 2.05) is 24.3 Å². The highest BCUT2D eigenvalue weighted by molar-refractivity contribution is 7.09. The molecule has 1 amide bonds. The Balaban J connectivity index is 1.60. The second-order valence-corrected chi connectivity index (χ2v) is 5.91. The number of thiophene rings is 1. The predicted octanol–water partition coefficient (Wildman–Crippen LogP) is 3.44. The smallest absolute Gasteiger partial charge is 0.220 e. The molecule has 4 heteroatoms. The van der Waals surface area contributed by atoms with Crippen molar-refractivity contribution < 1.29 is 9.53 Å². The van der Waals surface area contributed by atoms with Crippen LogP contribution in [0.5, 0.6) is 5.75 Å². The Bertz CT molecular complexity index is 534. The van der Waals surface area contributed by atoms with Crippen LogP contribution in [0.2, 0.25) is 0 Å². The molecule has 0 aliphatic rings. The predicted molar refractivity (Wildman–Crippen MR) is 87.0 cm³/mol. The zero-order valence-electron chi connectivity index (χ0n) is 12.3. The van der Waals surface area contributed by atoms with Crippen molar-refractivity contribution in [3.05, 3.63) is 52.2 Å². The van der Waals surface area contributed by atoms with Crippen LogP contribution >= 0.6 is 11.3 Å². The minimum Gasteiger partial charge on any atom is -0.497 e. The zero-order valence-corrected chi connectivity index (χ0v) is 13.1. The van der Waals surface area contributed by atoms with Gasteiger partial charge >= 0.3 is 0 Å². The third kappa shape index (κ3) is 5.60. The summed E-state index contributed by atoms with van der Waals surface area (Å²) in [6, 6.07) is 12.1. The molecule has 112 valence electrons. The maximum Gasteiger partial charge on any atom is 0.220 e. The van der Waals surface area contributed by atoms with Crippen molar-refractivity contribution in [1.82, 2.24) is 5.32 Å². The van der Waals surface area contributed by atoms with Crippen LogP contribution < -0.4 is 10.1 Å². The van der Waals surface area contributed by atoms with Gasteiger partial charge in [0.15, 0.2) is 0 Å². The average Bonchev–Trinajstić information content (AvgIpc) is 3.01. The number of rotatable bonds is 8. The maximum absolute atomic E-state index is 11.7. The molecule has 2 rings (SSSR count). The molecule has 0 unspecified atom stereocenters. The molecule has 0 saturated heterocycles. The molecule has 3 nitrogen and oxygen atoms in total. The average molecular weight is 303 g/mol. The lowest BCUT2D eigenvalue weighted by atomic mass is 10.1. The Labute approximate surface area is 130 Å². The summed E-state index contributed by atoms with van der Waals surface area (Å²) < 4.78 is 5.12. The first-order valence-corrected chi connectivity index (χ1v) is 8.08. The van der Waals surface area contributed by atoms with Crippen molar-refractivity contribution in [3.8, 4) is 5.75 Å². The van der Waals surface area contributed by atoms with Crippen molar-refractivity contribution >= 4 is 17.2 Å². The minimum atomic E-state index is 0.139. The van der Waals surface area contributed by atoms with Gasteiger partial charge in [0.1, 0.15) is 5.75 Å². The molecule has 0 aliphatic heterocycles. The van der Waals surface area contributed by atoms with Crippen molar-refractivity contribution in [3.63, 3.8) is 0 Å². The third-order valence-electron chi connectivity index (χ3n) is 3.30. The monoisotopic (exact) mass is 303 g/mol. The third-order valence-corrected chi connectivity index (χ3v) is 4.24. The van der Waals surface area contributed by atoms with E-state index in [0.29, 0.717) is 13.0 Å². The van der Waals surface area contributed by atoms with Gasteiger partial charge in [0.25, 0.3) is 0 Å². The minimum absolute atomic E-state index is 0.139. The summed E-state index contributed by atoms with van der Waals surface area (Å²) in [5.41, 5.74) is 1.20. The van der Waals surface area contributed by atoms with Gasteiger partial charge in [-0.2, -0.15) is 0 Å². The van der Waals surface area contributed by atoms with Crippen molar-refractivity contribution in [2.75, 3.05) is 13.7 Å². The molecule has 0 aliphatic carbocycles. The van der Waals surface area contributed by atoms with Gasteiger partial charge in [-0.1, -0.05) is 18.2 Å². The van der Waals surface area contributed by atoms with Crippen LogP contribution in [0.25, 0.3) is 0 Å². The van der Waals surface area contributed by atoms with Crippen molar-refractivity contribution in [2.45, 2.75) is 25.7 Å². The summed E-state index contributed by atoms with van der Waals surface area (Å²) in [5.74, 6) is 0.997.